The van der Waals surface area contributed by atoms with E-state index in [1.807, 2.05) is 13.8 Å². The largest absolute Gasteiger partial charge is 0.461 e. The Morgan fingerprint density at radius 2 is 1.93 bits per heavy atom. The number of ketones is 1. The Morgan fingerprint density at radius 3 is 2.60 bits per heavy atom. The summed E-state index contributed by atoms with van der Waals surface area (Å²) in [5.41, 5.74) is -0.952. The van der Waals surface area contributed by atoms with Gasteiger partial charge in [0.1, 0.15) is 12.4 Å². The zero-order chi connectivity index (χ0) is 21.9. The third-order valence-corrected chi connectivity index (χ3v) is 9.97. The van der Waals surface area contributed by atoms with Crippen molar-refractivity contribution in [3.63, 3.8) is 0 Å². The number of rotatable bonds is 4. The van der Waals surface area contributed by atoms with Gasteiger partial charge in [-0.25, -0.2) is 4.79 Å². The highest BCUT2D eigenvalue weighted by atomic mass is 16.5. The van der Waals surface area contributed by atoms with Gasteiger partial charge >= 0.3 is 5.97 Å². The highest BCUT2D eigenvalue weighted by Crippen LogP contribution is 2.72. The minimum atomic E-state index is -0.939. The number of carbonyl (C=O) groups is 2. The smallest absolute Gasteiger partial charge is 0.333 e. The summed E-state index contributed by atoms with van der Waals surface area (Å²) in [7, 11) is 0. The van der Waals surface area contributed by atoms with Crippen molar-refractivity contribution in [1.29, 1.82) is 0 Å². The van der Waals surface area contributed by atoms with Gasteiger partial charge in [0, 0.05) is 12.0 Å². The molecule has 30 heavy (non-hydrogen) atoms. The summed E-state index contributed by atoms with van der Waals surface area (Å²) < 4.78 is 5.65. The Labute approximate surface area is 180 Å². The maximum absolute atomic E-state index is 13.2. The summed E-state index contributed by atoms with van der Waals surface area (Å²) in [6.45, 7) is 7.92. The monoisotopic (exact) mass is 418 g/mol. The molecule has 2 N–H and O–H groups in total. The van der Waals surface area contributed by atoms with Crippen LogP contribution in [0.15, 0.2) is 11.6 Å². The topological polar surface area (TPSA) is 83.8 Å². The van der Waals surface area contributed by atoms with Crippen molar-refractivity contribution in [2.24, 2.45) is 34.0 Å². The van der Waals surface area contributed by atoms with Gasteiger partial charge in [-0.05, 0) is 94.3 Å². The fourth-order valence-electron chi connectivity index (χ4n) is 8.29. The average Bonchev–Trinajstić information content (AvgIpc) is 2.94. The van der Waals surface area contributed by atoms with Crippen LogP contribution in [0.1, 0.15) is 79.1 Å². The van der Waals surface area contributed by atoms with Crippen LogP contribution >= 0.6 is 0 Å². The van der Waals surface area contributed by atoms with Crippen LogP contribution in [-0.4, -0.2) is 40.8 Å². The van der Waals surface area contributed by atoms with Gasteiger partial charge in [-0.3, -0.25) is 4.79 Å². The second-order valence-electron chi connectivity index (χ2n) is 11.3. The quantitative estimate of drug-likeness (QED) is 0.536. The average molecular weight is 419 g/mol. The maximum atomic E-state index is 13.2. The first-order valence-electron chi connectivity index (χ1n) is 11.7. The van der Waals surface area contributed by atoms with Crippen molar-refractivity contribution in [2.45, 2.75) is 84.7 Å². The molecule has 0 unspecified atom stereocenters. The molecule has 0 aromatic carbocycles. The molecule has 4 fully saturated rings. The van der Waals surface area contributed by atoms with Crippen LogP contribution in [-0.2, 0) is 14.3 Å². The van der Waals surface area contributed by atoms with E-state index in [2.05, 4.69) is 6.92 Å². The van der Waals surface area contributed by atoms with Gasteiger partial charge in [0.05, 0.1) is 17.6 Å². The highest BCUT2D eigenvalue weighted by molar-refractivity contribution is 5.89. The molecule has 4 aliphatic carbocycles. The number of Topliss-reactive ketones (excluding diaryl/α,β-unsaturated/α-hetero) is 1. The van der Waals surface area contributed by atoms with Crippen molar-refractivity contribution < 1.29 is 24.5 Å². The van der Waals surface area contributed by atoms with Gasteiger partial charge < -0.3 is 14.9 Å². The van der Waals surface area contributed by atoms with Gasteiger partial charge in [0.15, 0.2) is 0 Å². The molecule has 168 valence electrons. The Morgan fingerprint density at radius 1 is 1.20 bits per heavy atom. The molecule has 2 bridgehead atoms. The molecule has 0 aromatic rings. The molecule has 1 spiro atoms. The molecule has 0 saturated heterocycles. The lowest BCUT2D eigenvalue weighted by Gasteiger charge is -2.63. The van der Waals surface area contributed by atoms with Crippen LogP contribution in [0.3, 0.4) is 0 Å². The molecular weight excluding hydrogens is 380 g/mol. The summed E-state index contributed by atoms with van der Waals surface area (Å²) in [6, 6.07) is 0. The van der Waals surface area contributed by atoms with Crippen molar-refractivity contribution in [1.82, 2.24) is 0 Å². The minimum absolute atomic E-state index is 0.00532. The Balaban J connectivity index is 1.62. The van der Waals surface area contributed by atoms with Crippen LogP contribution in [0.5, 0.6) is 0 Å². The highest BCUT2D eigenvalue weighted by Gasteiger charge is 2.68. The Hall–Kier alpha value is -1.20. The van der Waals surface area contributed by atoms with Crippen molar-refractivity contribution in [3.05, 3.63) is 11.6 Å². The Bertz CT molecular complexity index is 774. The van der Waals surface area contributed by atoms with Gasteiger partial charge in [-0.15, -0.1) is 0 Å². The molecule has 4 saturated carbocycles. The summed E-state index contributed by atoms with van der Waals surface area (Å²) in [5.74, 6) is 0.704. The van der Waals surface area contributed by atoms with E-state index in [1.54, 1.807) is 13.0 Å². The summed E-state index contributed by atoms with van der Waals surface area (Å²) in [5, 5.41) is 21.0. The molecule has 4 aliphatic rings. The number of hydrogen-bond donors (Lipinski definition) is 2. The second kappa shape index (κ2) is 7.16. The van der Waals surface area contributed by atoms with Crippen molar-refractivity contribution >= 4 is 11.8 Å². The number of esters is 1. The van der Waals surface area contributed by atoms with Crippen molar-refractivity contribution in [2.75, 3.05) is 13.2 Å². The first-order chi connectivity index (χ1) is 14.0. The molecule has 5 heteroatoms. The standard InChI is InChI=1S/C25H38O5/c1-5-16(2)21(28)30-15-23(4)18-8-11-24-12-17(25(29,13-24)14-26)6-7-19(24)22(18,3)10-9-20(23)27/h5,17-19,26,29H,6-15H2,1-4H3/b16-5+/t17-,18-,19-,22+,23-,24-,25+/m0/s1. The van der Waals surface area contributed by atoms with Gasteiger partial charge in [0.25, 0.3) is 0 Å². The first-order valence-corrected chi connectivity index (χ1v) is 11.7. The minimum Gasteiger partial charge on any atom is -0.461 e. The predicted molar refractivity (Wildman–Crippen MR) is 113 cm³/mol. The number of hydrogen-bond acceptors (Lipinski definition) is 5. The van der Waals surface area contributed by atoms with Crippen LogP contribution in [0.2, 0.25) is 0 Å². The normalized spacial score (nSPS) is 48.1. The lowest BCUT2D eigenvalue weighted by atomic mass is 9.41. The molecule has 0 aromatic heterocycles. The number of ether oxygens (including phenoxy) is 1. The lowest BCUT2D eigenvalue weighted by Crippen LogP contribution is -2.60. The molecule has 0 radical (unpaired) electrons. The summed E-state index contributed by atoms with van der Waals surface area (Å²) in [4.78, 5) is 25.4. The maximum Gasteiger partial charge on any atom is 0.333 e. The number of carbonyl (C=O) groups excluding carboxylic acids is 2. The number of aliphatic hydroxyl groups is 2. The lowest BCUT2D eigenvalue weighted by molar-refractivity contribution is -0.179. The van der Waals surface area contributed by atoms with Crippen LogP contribution in [0.25, 0.3) is 0 Å². The van der Waals surface area contributed by atoms with E-state index in [0.717, 1.165) is 38.5 Å². The molecule has 0 amide bonds. The third-order valence-electron chi connectivity index (χ3n) is 9.97. The van der Waals surface area contributed by atoms with Crippen LogP contribution in [0, 0.1) is 34.0 Å². The summed E-state index contributed by atoms with van der Waals surface area (Å²) in [6.07, 6.45) is 8.75. The fourth-order valence-corrected chi connectivity index (χ4v) is 8.29. The predicted octanol–water partition coefficient (Wildman–Crippen LogP) is 3.81. The molecule has 0 aliphatic heterocycles. The number of fused-ring (bicyclic) bond motifs is 3. The molecule has 5 nitrogen and oxygen atoms in total. The van der Waals surface area contributed by atoms with E-state index < -0.39 is 11.0 Å². The van der Waals surface area contributed by atoms with E-state index in [-0.39, 0.29) is 47.6 Å². The number of allylic oxidation sites excluding steroid dienone is 1. The Kier molecular flexibility index (Phi) is 5.25. The molecule has 7 atom stereocenters. The number of aliphatic hydroxyl groups excluding tert-OH is 1. The molecular formula is C25H38O5. The molecule has 4 rings (SSSR count). The van der Waals surface area contributed by atoms with Crippen LogP contribution in [0.4, 0.5) is 0 Å². The van der Waals surface area contributed by atoms with Gasteiger partial charge in [-0.1, -0.05) is 13.0 Å². The SMILES string of the molecule is C/C=C(\C)C(=O)OC[C@]1(C)C(=O)CC[C@@]2(C)[C@@H]3CC[C@H]4C[C@@]3(CC[C@@H]21)C[C@@]4(O)CO. The van der Waals surface area contributed by atoms with Crippen molar-refractivity contribution in [3.8, 4) is 0 Å². The van der Waals surface area contributed by atoms with Gasteiger partial charge in [-0.2, -0.15) is 0 Å². The van der Waals surface area contributed by atoms with Gasteiger partial charge in [0.2, 0.25) is 0 Å². The van der Waals surface area contributed by atoms with E-state index >= 15 is 0 Å². The first kappa shape index (κ1) is 22.0. The van der Waals surface area contributed by atoms with Crippen LogP contribution < -0.4 is 0 Å². The van der Waals surface area contributed by atoms with E-state index in [4.69, 9.17) is 4.74 Å². The third kappa shape index (κ3) is 2.95. The van der Waals surface area contributed by atoms with E-state index in [9.17, 15) is 19.8 Å². The zero-order valence-corrected chi connectivity index (χ0v) is 19.0. The fraction of sp³-hybridized carbons (Fsp3) is 0.840. The zero-order valence-electron chi connectivity index (χ0n) is 19.0. The van der Waals surface area contributed by atoms with E-state index in [0.29, 0.717) is 24.3 Å². The summed E-state index contributed by atoms with van der Waals surface area (Å²) >= 11 is 0. The second-order valence-corrected chi connectivity index (χ2v) is 11.3. The molecule has 0 heterocycles. The van der Waals surface area contributed by atoms with E-state index in [1.165, 1.54) is 0 Å².